The Bertz CT molecular complexity index is 177. The maximum Gasteiger partial charge on any atom is 0.317 e. The molecule has 0 bridgehead atoms. The summed E-state index contributed by atoms with van der Waals surface area (Å²) >= 11 is 0. The van der Waals surface area contributed by atoms with Gasteiger partial charge in [0.15, 0.2) is 0 Å². The third-order valence-electron chi connectivity index (χ3n) is 2.68. The quantitative estimate of drug-likeness (QED) is 0.670. The Hall–Kier alpha value is -0.730. The average molecular weight is 170 g/mol. The molecule has 1 N–H and O–H groups in total. The van der Waals surface area contributed by atoms with Crippen molar-refractivity contribution >= 4 is 6.03 Å². The van der Waals surface area contributed by atoms with E-state index in [1.807, 2.05) is 4.90 Å². The van der Waals surface area contributed by atoms with E-state index in [9.17, 15) is 4.79 Å². The molecule has 0 spiro atoms. The maximum absolute atomic E-state index is 11.4. The highest BCUT2D eigenvalue weighted by atomic mass is 16.2. The fourth-order valence-electron chi connectivity index (χ4n) is 1.40. The van der Waals surface area contributed by atoms with Gasteiger partial charge in [-0.3, -0.25) is 0 Å². The number of hydrogen-bond acceptors (Lipinski definition) is 1. The predicted octanol–water partition coefficient (Wildman–Crippen LogP) is 1.59. The molecule has 1 fully saturated rings. The lowest BCUT2D eigenvalue weighted by Gasteiger charge is -2.40. The third kappa shape index (κ3) is 1.71. The lowest BCUT2D eigenvalue weighted by molar-refractivity contribution is 0.119. The van der Waals surface area contributed by atoms with Gasteiger partial charge in [-0.05, 0) is 26.7 Å². The van der Waals surface area contributed by atoms with Gasteiger partial charge in [0.1, 0.15) is 0 Å². The van der Waals surface area contributed by atoms with Crippen molar-refractivity contribution in [2.45, 2.75) is 39.2 Å². The molecule has 0 unspecified atom stereocenters. The highest BCUT2D eigenvalue weighted by Crippen LogP contribution is 2.20. The Morgan fingerprint density at radius 3 is 2.75 bits per heavy atom. The molecule has 0 aromatic heterocycles. The van der Waals surface area contributed by atoms with Gasteiger partial charge in [-0.2, -0.15) is 0 Å². The second-order valence-corrected chi connectivity index (χ2v) is 3.90. The summed E-state index contributed by atoms with van der Waals surface area (Å²) in [6, 6.07) is 0.0908. The Morgan fingerprint density at radius 2 is 2.25 bits per heavy atom. The first-order chi connectivity index (χ1) is 5.58. The van der Waals surface area contributed by atoms with Crippen molar-refractivity contribution in [3.63, 3.8) is 0 Å². The van der Waals surface area contributed by atoms with E-state index in [0.29, 0.717) is 0 Å². The van der Waals surface area contributed by atoms with Crippen LogP contribution in [-0.4, -0.2) is 29.6 Å². The summed E-state index contributed by atoms with van der Waals surface area (Å²) in [4.78, 5) is 13.3. The predicted molar refractivity (Wildman–Crippen MR) is 49.1 cm³/mol. The highest BCUT2D eigenvalue weighted by Gasteiger charge is 2.30. The Kier molecular flexibility index (Phi) is 2.60. The number of carbonyl (C=O) groups excluding carboxylic acids is 1. The van der Waals surface area contributed by atoms with E-state index in [-0.39, 0.29) is 11.6 Å². The van der Waals surface area contributed by atoms with E-state index in [4.69, 9.17) is 0 Å². The average Bonchev–Trinajstić information content (AvgIpc) is 2.05. The normalized spacial score (nSPS) is 19.2. The molecule has 12 heavy (non-hydrogen) atoms. The summed E-state index contributed by atoms with van der Waals surface area (Å²) in [7, 11) is 0. The number of nitrogens with one attached hydrogen (secondary N) is 1. The zero-order chi connectivity index (χ0) is 9.19. The minimum atomic E-state index is 0.00447. The van der Waals surface area contributed by atoms with Crippen LogP contribution in [0, 0.1) is 0 Å². The van der Waals surface area contributed by atoms with E-state index < -0.39 is 0 Å². The third-order valence-corrected chi connectivity index (χ3v) is 2.68. The van der Waals surface area contributed by atoms with Crippen LogP contribution < -0.4 is 5.32 Å². The van der Waals surface area contributed by atoms with Crippen LogP contribution in [0.3, 0.4) is 0 Å². The maximum atomic E-state index is 11.4. The topological polar surface area (TPSA) is 32.3 Å². The van der Waals surface area contributed by atoms with Crippen LogP contribution in [0.15, 0.2) is 0 Å². The first kappa shape index (κ1) is 9.36. The van der Waals surface area contributed by atoms with Gasteiger partial charge in [-0.1, -0.05) is 6.92 Å². The number of carbonyl (C=O) groups is 1. The molecule has 0 atom stereocenters. The molecule has 70 valence electrons. The van der Waals surface area contributed by atoms with Crippen LogP contribution in [0.1, 0.15) is 33.6 Å². The van der Waals surface area contributed by atoms with Crippen LogP contribution in [0.2, 0.25) is 0 Å². The van der Waals surface area contributed by atoms with E-state index >= 15 is 0 Å². The van der Waals surface area contributed by atoms with Gasteiger partial charge in [0.2, 0.25) is 0 Å². The molecule has 2 amide bonds. The standard InChI is InChI=1S/C9H18N2O/c1-4-9(2,3)11-7-5-6-10-8(11)12/h4-7H2,1-3H3,(H,10,12). The molecular formula is C9H18N2O. The number of hydrogen-bond donors (Lipinski definition) is 1. The molecule has 1 aliphatic heterocycles. The zero-order valence-electron chi connectivity index (χ0n) is 8.18. The lowest BCUT2D eigenvalue weighted by Crippen LogP contribution is -2.55. The van der Waals surface area contributed by atoms with Crippen molar-refractivity contribution in [2.75, 3.05) is 13.1 Å². The second-order valence-electron chi connectivity index (χ2n) is 3.90. The highest BCUT2D eigenvalue weighted by molar-refractivity contribution is 5.75. The van der Waals surface area contributed by atoms with Crippen LogP contribution in [0.25, 0.3) is 0 Å². The van der Waals surface area contributed by atoms with Crippen LogP contribution >= 0.6 is 0 Å². The van der Waals surface area contributed by atoms with Gasteiger partial charge >= 0.3 is 6.03 Å². The van der Waals surface area contributed by atoms with Crippen molar-refractivity contribution < 1.29 is 4.79 Å². The van der Waals surface area contributed by atoms with Gasteiger partial charge in [0.05, 0.1) is 0 Å². The van der Waals surface area contributed by atoms with E-state index in [0.717, 1.165) is 25.9 Å². The molecule has 0 aromatic carbocycles. The fraction of sp³-hybridized carbons (Fsp3) is 0.889. The largest absolute Gasteiger partial charge is 0.338 e. The SMILES string of the molecule is CCC(C)(C)N1CCCNC1=O. The smallest absolute Gasteiger partial charge is 0.317 e. The van der Waals surface area contributed by atoms with Gasteiger partial charge in [0.25, 0.3) is 0 Å². The second kappa shape index (κ2) is 3.33. The number of rotatable bonds is 2. The van der Waals surface area contributed by atoms with Gasteiger partial charge in [-0.25, -0.2) is 4.79 Å². The van der Waals surface area contributed by atoms with Gasteiger partial charge in [0, 0.05) is 18.6 Å². The molecule has 1 heterocycles. The number of amides is 2. The van der Waals surface area contributed by atoms with Crippen molar-refractivity contribution in [1.82, 2.24) is 10.2 Å². The van der Waals surface area contributed by atoms with Crippen LogP contribution in [0.4, 0.5) is 4.79 Å². The minimum Gasteiger partial charge on any atom is -0.338 e. The monoisotopic (exact) mass is 170 g/mol. The summed E-state index contributed by atoms with van der Waals surface area (Å²) in [5.74, 6) is 0. The summed E-state index contributed by atoms with van der Waals surface area (Å²) in [6.45, 7) is 8.06. The number of nitrogens with zero attached hydrogens (tertiary/aromatic N) is 1. The Labute approximate surface area is 74.1 Å². The molecule has 0 saturated carbocycles. The van der Waals surface area contributed by atoms with Crippen molar-refractivity contribution in [2.24, 2.45) is 0 Å². The van der Waals surface area contributed by atoms with Crippen LogP contribution in [-0.2, 0) is 0 Å². The van der Waals surface area contributed by atoms with E-state index in [1.54, 1.807) is 0 Å². The molecule has 1 saturated heterocycles. The molecule has 0 aromatic rings. The molecule has 1 aliphatic rings. The fourth-order valence-corrected chi connectivity index (χ4v) is 1.40. The summed E-state index contributed by atoms with van der Waals surface area (Å²) in [6.07, 6.45) is 2.07. The Morgan fingerprint density at radius 1 is 1.58 bits per heavy atom. The first-order valence-electron chi connectivity index (χ1n) is 4.63. The molecule has 0 radical (unpaired) electrons. The van der Waals surface area contributed by atoms with Crippen molar-refractivity contribution in [1.29, 1.82) is 0 Å². The van der Waals surface area contributed by atoms with Crippen molar-refractivity contribution in [3.8, 4) is 0 Å². The van der Waals surface area contributed by atoms with Crippen LogP contribution in [0.5, 0.6) is 0 Å². The molecule has 1 rings (SSSR count). The first-order valence-corrected chi connectivity index (χ1v) is 4.63. The zero-order valence-corrected chi connectivity index (χ0v) is 8.18. The van der Waals surface area contributed by atoms with Crippen molar-refractivity contribution in [3.05, 3.63) is 0 Å². The van der Waals surface area contributed by atoms with Gasteiger partial charge in [-0.15, -0.1) is 0 Å². The van der Waals surface area contributed by atoms with E-state index in [2.05, 4.69) is 26.1 Å². The summed E-state index contributed by atoms with van der Waals surface area (Å²) < 4.78 is 0. The molecule has 0 aliphatic carbocycles. The molecule has 3 heteroatoms. The molecular weight excluding hydrogens is 152 g/mol. The lowest BCUT2D eigenvalue weighted by atomic mass is 9.99. The Balaban J connectivity index is 2.65. The summed E-state index contributed by atoms with van der Waals surface area (Å²) in [5, 5.41) is 2.86. The van der Waals surface area contributed by atoms with Gasteiger partial charge < -0.3 is 10.2 Å². The summed E-state index contributed by atoms with van der Waals surface area (Å²) in [5.41, 5.74) is 0.00447. The number of urea groups is 1. The molecule has 3 nitrogen and oxygen atoms in total. The van der Waals surface area contributed by atoms with E-state index in [1.165, 1.54) is 0 Å². The minimum absolute atomic E-state index is 0.00447.